The molecule has 0 radical (unpaired) electrons. The molecule has 3 rings (SSSR count). The number of hydrogen-bond donors (Lipinski definition) is 1. The van der Waals surface area contributed by atoms with Gasteiger partial charge in [0.15, 0.2) is 15.2 Å². The molecule has 1 aliphatic rings. The Balaban J connectivity index is 1.68. The molecule has 1 aromatic carbocycles. The Morgan fingerprint density at radius 2 is 2.29 bits per heavy atom. The number of aromatic nitrogens is 1. The molecule has 4 nitrogen and oxygen atoms in total. The summed E-state index contributed by atoms with van der Waals surface area (Å²) in [5.74, 6) is -0.0549. The number of carbonyl (C=O) groups is 1. The van der Waals surface area contributed by atoms with Crippen LogP contribution >= 0.6 is 34.5 Å². The summed E-state index contributed by atoms with van der Waals surface area (Å²) in [6, 6.07) is 8.13. The number of methoxy groups -OCH3 is 1. The molecule has 1 heterocycles. The fraction of sp³-hybridized carbons (Fsp3) is 0.286. The molecule has 2 atom stereocenters. The zero-order valence-corrected chi connectivity index (χ0v) is 13.4. The number of ether oxygens (including phenoxy) is 1. The smallest absolute Gasteiger partial charge is 0.351 e. The van der Waals surface area contributed by atoms with Gasteiger partial charge in [0.1, 0.15) is 0 Å². The van der Waals surface area contributed by atoms with Crippen LogP contribution in [-0.4, -0.2) is 24.1 Å². The molecule has 2 aromatic rings. The van der Waals surface area contributed by atoms with Gasteiger partial charge < -0.3 is 10.1 Å². The Kier molecular flexibility index (Phi) is 4.06. The minimum atomic E-state index is -0.465. The third kappa shape index (κ3) is 3.15. The quantitative estimate of drug-likeness (QED) is 0.845. The van der Waals surface area contributed by atoms with Crippen LogP contribution in [0.3, 0.4) is 0 Å². The highest BCUT2D eigenvalue weighted by Crippen LogP contribution is 2.44. The summed E-state index contributed by atoms with van der Waals surface area (Å²) < 4.78 is 4.66. The van der Waals surface area contributed by atoms with Crippen LogP contribution in [0.1, 0.15) is 27.6 Å². The van der Waals surface area contributed by atoms with E-state index in [4.69, 9.17) is 23.2 Å². The maximum Gasteiger partial charge on any atom is 0.351 e. The van der Waals surface area contributed by atoms with E-state index in [0.717, 1.165) is 11.4 Å². The molecular formula is C14H12Cl2N2O2S. The number of carbonyl (C=O) groups excluding carboxylic acids is 1. The van der Waals surface area contributed by atoms with Gasteiger partial charge in [-0.15, -0.1) is 0 Å². The molecule has 1 aromatic heterocycles. The van der Waals surface area contributed by atoms with E-state index in [0.29, 0.717) is 15.9 Å². The zero-order valence-electron chi connectivity index (χ0n) is 11.1. The van der Waals surface area contributed by atoms with Gasteiger partial charge in [0.05, 0.1) is 7.11 Å². The molecule has 110 valence electrons. The Morgan fingerprint density at radius 1 is 1.48 bits per heavy atom. The maximum absolute atomic E-state index is 11.5. The number of benzene rings is 1. The molecule has 21 heavy (non-hydrogen) atoms. The predicted molar refractivity (Wildman–Crippen MR) is 84.7 cm³/mol. The van der Waals surface area contributed by atoms with Gasteiger partial charge in [0.2, 0.25) is 0 Å². The van der Waals surface area contributed by atoms with Crippen molar-refractivity contribution < 1.29 is 9.53 Å². The van der Waals surface area contributed by atoms with Gasteiger partial charge in [-0.25, -0.2) is 9.78 Å². The second-order valence-electron chi connectivity index (χ2n) is 4.78. The van der Waals surface area contributed by atoms with E-state index in [9.17, 15) is 4.79 Å². The summed E-state index contributed by atoms with van der Waals surface area (Å²) in [6.45, 7) is 0. The molecule has 1 aliphatic carbocycles. The second kappa shape index (κ2) is 5.83. The number of esters is 1. The summed E-state index contributed by atoms with van der Waals surface area (Å²) in [4.78, 5) is 16.0. The molecule has 7 heteroatoms. The first-order valence-corrected chi connectivity index (χ1v) is 7.92. The normalized spacial score (nSPS) is 20.1. The Labute approximate surface area is 136 Å². The van der Waals surface area contributed by atoms with Gasteiger partial charge in [-0.05, 0) is 24.1 Å². The number of hydrogen-bond acceptors (Lipinski definition) is 5. The van der Waals surface area contributed by atoms with Crippen molar-refractivity contribution in [3.63, 3.8) is 0 Å². The minimum Gasteiger partial charge on any atom is -0.465 e. The topological polar surface area (TPSA) is 51.2 Å². The van der Waals surface area contributed by atoms with Gasteiger partial charge >= 0.3 is 5.97 Å². The highest BCUT2D eigenvalue weighted by molar-refractivity contribution is 7.18. The molecule has 0 spiro atoms. The maximum atomic E-state index is 11.5. The lowest BCUT2D eigenvalue weighted by atomic mass is 10.1. The lowest BCUT2D eigenvalue weighted by molar-refractivity contribution is 0.0606. The second-order valence-corrected chi connectivity index (χ2v) is 6.57. The molecule has 1 N–H and O–H groups in total. The van der Waals surface area contributed by atoms with Crippen LogP contribution in [0.25, 0.3) is 0 Å². The van der Waals surface area contributed by atoms with E-state index in [1.54, 1.807) is 0 Å². The number of nitrogens with one attached hydrogen (secondary N) is 1. The monoisotopic (exact) mass is 342 g/mol. The number of rotatable bonds is 4. The fourth-order valence-corrected chi connectivity index (χ4v) is 3.56. The van der Waals surface area contributed by atoms with Crippen molar-refractivity contribution in [3.8, 4) is 0 Å². The van der Waals surface area contributed by atoms with Gasteiger partial charge in [0.25, 0.3) is 0 Å². The molecule has 0 aliphatic heterocycles. The molecular weight excluding hydrogens is 331 g/mol. The van der Waals surface area contributed by atoms with Crippen molar-refractivity contribution in [2.75, 3.05) is 12.4 Å². The lowest BCUT2D eigenvalue weighted by Gasteiger charge is -2.02. The average molecular weight is 343 g/mol. The SMILES string of the molecule is COC(=O)c1sc(NC2CC2c2cccc(Cl)c2)nc1Cl. The number of anilines is 1. The van der Waals surface area contributed by atoms with E-state index in [2.05, 4.69) is 21.1 Å². The van der Waals surface area contributed by atoms with Crippen LogP contribution in [0, 0.1) is 0 Å². The molecule has 1 fully saturated rings. The predicted octanol–water partition coefficient (Wildman–Crippen LogP) is 4.20. The Bertz CT molecular complexity index is 689. The van der Waals surface area contributed by atoms with Crippen molar-refractivity contribution in [1.29, 1.82) is 0 Å². The van der Waals surface area contributed by atoms with E-state index in [1.165, 1.54) is 24.0 Å². The summed E-state index contributed by atoms with van der Waals surface area (Å²) in [6.07, 6.45) is 1.01. The van der Waals surface area contributed by atoms with Crippen LogP contribution < -0.4 is 5.32 Å². The largest absolute Gasteiger partial charge is 0.465 e. The molecule has 2 unspecified atom stereocenters. The number of thiazole rings is 1. The van der Waals surface area contributed by atoms with Gasteiger partial charge in [-0.3, -0.25) is 0 Å². The van der Waals surface area contributed by atoms with E-state index >= 15 is 0 Å². The Morgan fingerprint density at radius 3 is 3.00 bits per heavy atom. The highest BCUT2D eigenvalue weighted by Gasteiger charge is 2.39. The van der Waals surface area contributed by atoms with Crippen molar-refractivity contribution in [2.45, 2.75) is 18.4 Å². The zero-order chi connectivity index (χ0) is 15.0. The van der Waals surface area contributed by atoms with Crippen molar-refractivity contribution in [1.82, 2.24) is 4.98 Å². The summed E-state index contributed by atoms with van der Waals surface area (Å²) in [5.41, 5.74) is 1.20. The standard InChI is InChI=1S/C14H12Cl2N2O2S/c1-20-13(19)11-12(16)18-14(21-11)17-10-6-9(10)7-3-2-4-8(15)5-7/h2-5,9-10H,6H2,1H3,(H,17,18). The first-order valence-electron chi connectivity index (χ1n) is 6.35. The first kappa shape index (κ1) is 14.6. The minimum absolute atomic E-state index is 0.175. The summed E-state index contributed by atoms with van der Waals surface area (Å²) >= 11 is 13.1. The van der Waals surface area contributed by atoms with Gasteiger partial charge in [0, 0.05) is 17.0 Å². The fourth-order valence-electron chi connectivity index (χ4n) is 2.20. The van der Waals surface area contributed by atoms with Crippen molar-refractivity contribution in [3.05, 3.63) is 44.9 Å². The molecule has 0 amide bonds. The number of nitrogens with zero attached hydrogens (tertiary/aromatic N) is 1. The summed E-state index contributed by atoms with van der Waals surface area (Å²) in [5, 5.41) is 4.84. The van der Waals surface area contributed by atoms with Crippen molar-refractivity contribution >= 4 is 45.6 Å². The molecule has 1 saturated carbocycles. The van der Waals surface area contributed by atoms with E-state index < -0.39 is 5.97 Å². The van der Waals surface area contributed by atoms with E-state index in [-0.39, 0.29) is 11.2 Å². The first-order chi connectivity index (χ1) is 10.1. The van der Waals surface area contributed by atoms with Crippen LogP contribution in [0.2, 0.25) is 10.2 Å². The third-order valence-electron chi connectivity index (χ3n) is 3.33. The van der Waals surface area contributed by atoms with Crippen molar-refractivity contribution in [2.24, 2.45) is 0 Å². The average Bonchev–Trinajstić information content (AvgIpc) is 3.13. The molecule has 0 saturated heterocycles. The Hall–Kier alpha value is -1.30. The number of halogens is 2. The van der Waals surface area contributed by atoms with Crippen LogP contribution in [0.15, 0.2) is 24.3 Å². The third-order valence-corrected chi connectivity index (χ3v) is 4.92. The van der Waals surface area contributed by atoms with Gasteiger partial charge in [-0.2, -0.15) is 0 Å². The molecule has 0 bridgehead atoms. The van der Waals surface area contributed by atoms with Crippen LogP contribution in [-0.2, 0) is 4.74 Å². The van der Waals surface area contributed by atoms with Gasteiger partial charge in [-0.1, -0.05) is 46.7 Å². The summed E-state index contributed by atoms with van der Waals surface area (Å²) in [7, 11) is 1.32. The van der Waals surface area contributed by atoms with Crippen LogP contribution in [0.5, 0.6) is 0 Å². The highest BCUT2D eigenvalue weighted by atomic mass is 35.5. The van der Waals surface area contributed by atoms with Crippen LogP contribution in [0.4, 0.5) is 5.13 Å². The lowest BCUT2D eigenvalue weighted by Crippen LogP contribution is -2.03. The van der Waals surface area contributed by atoms with E-state index in [1.807, 2.05) is 18.2 Å².